The number of amides is 1. The molecule has 1 N–H and O–H groups in total. The molecule has 0 saturated carbocycles. The molecule has 0 fully saturated rings. The van der Waals surface area contributed by atoms with E-state index in [1.807, 2.05) is 24.3 Å². The molecule has 0 bridgehead atoms. The zero-order valence-corrected chi connectivity index (χ0v) is 19.8. The van der Waals surface area contributed by atoms with Crippen LogP contribution in [-0.4, -0.2) is 12.5 Å². The van der Waals surface area contributed by atoms with Crippen molar-refractivity contribution < 1.29 is 4.79 Å². The van der Waals surface area contributed by atoms with Crippen LogP contribution in [0.4, 0.5) is 0 Å². The Balaban J connectivity index is 1.55. The number of nitrogens with one attached hydrogen (secondary N) is 1. The lowest BCUT2D eigenvalue weighted by atomic mass is 9.86. The molecule has 1 aromatic heterocycles. The molecule has 1 heterocycles. The van der Waals surface area contributed by atoms with Gasteiger partial charge >= 0.3 is 0 Å². The molecule has 0 atom stereocenters. The first-order chi connectivity index (χ1) is 14.0. The lowest BCUT2D eigenvalue weighted by Crippen LogP contribution is -2.25. The normalized spacial score (nSPS) is 12.1. The Morgan fingerprint density at radius 2 is 1.30 bits per heavy atom. The van der Waals surface area contributed by atoms with Gasteiger partial charge in [-0.2, -0.15) is 0 Å². The van der Waals surface area contributed by atoms with Crippen LogP contribution in [0.2, 0.25) is 0 Å². The number of benzene rings is 2. The molecule has 0 aliphatic heterocycles. The summed E-state index contributed by atoms with van der Waals surface area (Å²) >= 11 is 1.80. The van der Waals surface area contributed by atoms with Gasteiger partial charge in [0.1, 0.15) is 0 Å². The van der Waals surface area contributed by atoms with Gasteiger partial charge < -0.3 is 5.32 Å². The van der Waals surface area contributed by atoms with Crippen LogP contribution in [0.1, 0.15) is 67.9 Å². The molecule has 30 heavy (non-hydrogen) atoms. The fourth-order valence-electron chi connectivity index (χ4n) is 3.32. The summed E-state index contributed by atoms with van der Waals surface area (Å²) in [4.78, 5) is 15.0. The highest BCUT2D eigenvalue weighted by molar-refractivity contribution is 7.15. The molecule has 3 rings (SSSR count). The maximum Gasteiger partial charge on any atom is 0.251 e. The third-order valence-electron chi connectivity index (χ3n) is 5.37. The molecule has 0 radical (unpaired) electrons. The van der Waals surface area contributed by atoms with Crippen LogP contribution < -0.4 is 5.32 Å². The van der Waals surface area contributed by atoms with Crippen molar-refractivity contribution in [2.45, 2.75) is 58.8 Å². The van der Waals surface area contributed by atoms with E-state index >= 15 is 0 Å². The van der Waals surface area contributed by atoms with Crippen molar-refractivity contribution in [1.29, 1.82) is 0 Å². The van der Waals surface area contributed by atoms with Gasteiger partial charge in [-0.25, -0.2) is 0 Å². The first kappa shape index (κ1) is 22.3. The Bertz CT molecular complexity index is 983. The van der Waals surface area contributed by atoms with Gasteiger partial charge in [0.25, 0.3) is 5.91 Å². The minimum absolute atomic E-state index is 0.00925. The van der Waals surface area contributed by atoms with E-state index in [2.05, 4.69) is 83.3 Å². The molecular weight excluding hydrogens is 386 g/mol. The molecule has 158 valence electrons. The summed E-state index contributed by atoms with van der Waals surface area (Å²) in [5.74, 6) is -0.00925. The molecule has 0 saturated heterocycles. The summed E-state index contributed by atoms with van der Waals surface area (Å²) in [6.45, 7) is 13.9. The van der Waals surface area contributed by atoms with Gasteiger partial charge in [0, 0.05) is 21.9 Å². The fourth-order valence-corrected chi connectivity index (χ4v) is 4.34. The van der Waals surface area contributed by atoms with Gasteiger partial charge in [-0.05, 0) is 58.2 Å². The highest BCUT2D eigenvalue weighted by Gasteiger charge is 2.15. The van der Waals surface area contributed by atoms with Crippen molar-refractivity contribution >= 4 is 17.2 Å². The fraction of sp³-hybridized carbons (Fsp3) is 0.370. The molecule has 0 aliphatic rings. The number of carbonyl (C=O) groups is 1. The van der Waals surface area contributed by atoms with E-state index in [0.717, 1.165) is 6.42 Å². The van der Waals surface area contributed by atoms with E-state index in [1.165, 1.54) is 26.4 Å². The van der Waals surface area contributed by atoms with Crippen LogP contribution in [0.5, 0.6) is 0 Å². The standard InChI is InChI=1S/C27H33NOS/c1-26(2,3)21-11-7-19(8-12-21)24-16-15-23(30-24)17-18-28-25(29)20-9-13-22(14-10-20)27(4,5)6/h7-16H,17-18H2,1-6H3,(H,28,29). The van der Waals surface area contributed by atoms with E-state index in [1.54, 1.807) is 11.3 Å². The SMILES string of the molecule is CC(C)(C)c1ccc(C(=O)NCCc2ccc(-c3ccc(C(C)(C)C)cc3)s2)cc1. The van der Waals surface area contributed by atoms with Gasteiger partial charge in [0.15, 0.2) is 0 Å². The van der Waals surface area contributed by atoms with Gasteiger partial charge in [0.05, 0.1) is 0 Å². The summed E-state index contributed by atoms with van der Waals surface area (Å²) in [6, 6.07) is 21.1. The third-order valence-corrected chi connectivity index (χ3v) is 6.56. The van der Waals surface area contributed by atoms with Gasteiger partial charge in [0.2, 0.25) is 0 Å². The summed E-state index contributed by atoms with van der Waals surface area (Å²) in [7, 11) is 0. The summed E-state index contributed by atoms with van der Waals surface area (Å²) in [5.41, 5.74) is 4.82. The Hall–Kier alpha value is -2.39. The zero-order chi connectivity index (χ0) is 21.9. The second-order valence-electron chi connectivity index (χ2n) is 9.93. The molecule has 2 aromatic carbocycles. The maximum absolute atomic E-state index is 12.4. The Labute approximate surface area is 185 Å². The monoisotopic (exact) mass is 419 g/mol. The highest BCUT2D eigenvalue weighted by atomic mass is 32.1. The summed E-state index contributed by atoms with van der Waals surface area (Å²) in [6.07, 6.45) is 0.844. The predicted molar refractivity (Wildman–Crippen MR) is 130 cm³/mol. The van der Waals surface area contributed by atoms with Crippen molar-refractivity contribution in [3.05, 3.63) is 82.2 Å². The van der Waals surface area contributed by atoms with Crippen LogP contribution >= 0.6 is 11.3 Å². The second kappa shape index (κ2) is 8.77. The van der Waals surface area contributed by atoms with Gasteiger partial charge in [-0.1, -0.05) is 77.9 Å². The molecule has 1 amide bonds. The molecule has 0 aliphatic carbocycles. The minimum Gasteiger partial charge on any atom is -0.352 e. The van der Waals surface area contributed by atoms with Crippen LogP contribution in [0, 0.1) is 0 Å². The quantitative estimate of drug-likeness (QED) is 0.475. The van der Waals surface area contributed by atoms with Crippen LogP contribution in [0.3, 0.4) is 0 Å². The smallest absolute Gasteiger partial charge is 0.251 e. The lowest BCUT2D eigenvalue weighted by Gasteiger charge is -2.19. The van der Waals surface area contributed by atoms with Crippen molar-refractivity contribution in [3.8, 4) is 10.4 Å². The average molecular weight is 420 g/mol. The third kappa shape index (κ3) is 5.60. The predicted octanol–water partition coefficient (Wildman–Crippen LogP) is 6.98. The summed E-state index contributed by atoms with van der Waals surface area (Å²) < 4.78 is 0. The topological polar surface area (TPSA) is 29.1 Å². The molecule has 0 unspecified atom stereocenters. The molecule has 3 aromatic rings. The number of rotatable bonds is 5. The number of carbonyl (C=O) groups excluding carboxylic acids is 1. The molecule has 3 heteroatoms. The van der Waals surface area contributed by atoms with E-state index in [-0.39, 0.29) is 16.7 Å². The Morgan fingerprint density at radius 1 is 0.767 bits per heavy atom. The average Bonchev–Trinajstić information content (AvgIpc) is 3.16. The first-order valence-electron chi connectivity index (χ1n) is 10.6. The van der Waals surface area contributed by atoms with Crippen molar-refractivity contribution in [1.82, 2.24) is 5.32 Å². The largest absolute Gasteiger partial charge is 0.352 e. The van der Waals surface area contributed by atoms with Crippen LogP contribution in [0.25, 0.3) is 10.4 Å². The molecule has 2 nitrogen and oxygen atoms in total. The Kier molecular flexibility index (Phi) is 6.52. The highest BCUT2D eigenvalue weighted by Crippen LogP contribution is 2.30. The Morgan fingerprint density at radius 3 is 1.83 bits per heavy atom. The summed E-state index contributed by atoms with van der Waals surface area (Å²) in [5, 5.41) is 3.05. The van der Waals surface area contributed by atoms with E-state index in [9.17, 15) is 4.79 Å². The van der Waals surface area contributed by atoms with Crippen molar-refractivity contribution in [3.63, 3.8) is 0 Å². The maximum atomic E-state index is 12.4. The van der Waals surface area contributed by atoms with Crippen molar-refractivity contribution in [2.75, 3.05) is 6.54 Å². The van der Waals surface area contributed by atoms with E-state index in [4.69, 9.17) is 0 Å². The number of hydrogen-bond donors (Lipinski definition) is 1. The molecule has 0 spiro atoms. The lowest BCUT2D eigenvalue weighted by molar-refractivity contribution is 0.0954. The van der Waals surface area contributed by atoms with Gasteiger partial charge in [-0.3, -0.25) is 4.79 Å². The van der Waals surface area contributed by atoms with Gasteiger partial charge in [-0.15, -0.1) is 11.3 Å². The first-order valence-corrected chi connectivity index (χ1v) is 11.4. The van der Waals surface area contributed by atoms with E-state index < -0.39 is 0 Å². The van der Waals surface area contributed by atoms with Crippen LogP contribution in [-0.2, 0) is 17.3 Å². The van der Waals surface area contributed by atoms with Crippen molar-refractivity contribution in [2.24, 2.45) is 0 Å². The number of hydrogen-bond acceptors (Lipinski definition) is 2. The molecular formula is C27H33NOS. The number of thiophene rings is 1. The minimum atomic E-state index is -0.00925. The second-order valence-corrected chi connectivity index (χ2v) is 11.1. The van der Waals surface area contributed by atoms with E-state index in [0.29, 0.717) is 12.1 Å². The zero-order valence-electron chi connectivity index (χ0n) is 19.0. The van der Waals surface area contributed by atoms with Crippen LogP contribution in [0.15, 0.2) is 60.7 Å².